The average Bonchev–Trinajstić information content (AvgIpc) is 2.83. The molecule has 4 nitrogen and oxygen atoms in total. The Morgan fingerprint density at radius 2 is 2.16 bits per heavy atom. The first-order valence-electron chi connectivity index (χ1n) is 7.26. The van der Waals surface area contributed by atoms with Crippen LogP contribution in [-0.4, -0.2) is 34.9 Å². The molecule has 2 saturated heterocycles. The van der Waals surface area contributed by atoms with E-state index in [1.165, 1.54) is 0 Å². The van der Waals surface area contributed by atoms with Crippen molar-refractivity contribution in [2.24, 2.45) is 5.92 Å². The van der Waals surface area contributed by atoms with E-state index in [-0.39, 0.29) is 6.03 Å². The third-order valence-electron chi connectivity index (χ3n) is 3.77. The number of hydrogen-bond donors (Lipinski definition) is 2. The van der Waals surface area contributed by atoms with E-state index in [9.17, 15) is 9.59 Å². The zero-order valence-corrected chi connectivity index (χ0v) is 12.6. The van der Waals surface area contributed by atoms with Crippen LogP contribution in [0.3, 0.4) is 0 Å². The van der Waals surface area contributed by atoms with E-state index >= 15 is 0 Å². The zero-order valence-electron chi connectivity index (χ0n) is 11.8. The van der Waals surface area contributed by atoms with Gasteiger partial charge in [-0.2, -0.15) is 11.8 Å². The van der Waals surface area contributed by atoms with Gasteiger partial charge in [-0.05, 0) is 18.8 Å². The van der Waals surface area contributed by atoms with E-state index in [1.54, 1.807) is 0 Å². The molecule has 19 heavy (non-hydrogen) atoms. The Balaban J connectivity index is 1.61. The molecule has 2 amide bonds. The van der Waals surface area contributed by atoms with Crippen LogP contribution in [0.5, 0.6) is 0 Å². The number of ketones is 1. The van der Waals surface area contributed by atoms with Gasteiger partial charge in [0.15, 0.2) is 0 Å². The van der Waals surface area contributed by atoms with E-state index in [0.717, 1.165) is 25.0 Å². The monoisotopic (exact) mass is 284 g/mol. The van der Waals surface area contributed by atoms with Gasteiger partial charge in [0.1, 0.15) is 5.78 Å². The second kappa shape index (κ2) is 6.64. The Labute approximate surface area is 119 Å². The smallest absolute Gasteiger partial charge is 0.315 e. The minimum absolute atomic E-state index is 0.0209. The first-order valence-corrected chi connectivity index (χ1v) is 8.31. The molecule has 2 aliphatic rings. The highest BCUT2D eigenvalue weighted by Gasteiger charge is 2.42. The number of rotatable bonds is 7. The van der Waals surface area contributed by atoms with Crippen LogP contribution in [0.25, 0.3) is 0 Å². The van der Waals surface area contributed by atoms with Gasteiger partial charge in [-0.3, -0.25) is 4.79 Å². The van der Waals surface area contributed by atoms with Gasteiger partial charge in [0.05, 0.1) is 12.1 Å². The summed E-state index contributed by atoms with van der Waals surface area (Å²) >= 11 is 1.94. The molecule has 5 heteroatoms. The molecule has 2 N–H and O–H groups in total. The third-order valence-corrected chi connectivity index (χ3v) is 5.28. The summed E-state index contributed by atoms with van der Waals surface area (Å²) in [6.07, 6.45) is 4.60. The van der Waals surface area contributed by atoms with Gasteiger partial charge in [0, 0.05) is 23.8 Å². The number of hydrogen-bond acceptors (Lipinski definition) is 3. The summed E-state index contributed by atoms with van der Waals surface area (Å²) in [5.74, 6) is 1.88. The van der Waals surface area contributed by atoms with Crippen LogP contribution in [0.2, 0.25) is 0 Å². The molecule has 108 valence electrons. The molecule has 0 aromatic heterocycles. The van der Waals surface area contributed by atoms with E-state index in [1.807, 2.05) is 11.8 Å². The molecule has 0 aliphatic carbocycles. The molecule has 0 saturated carbocycles. The number of urea groups is 1. The number of amides is 2. The molecular formula is C14H24N2O2S. The second-order valence-electron chi connectivity index (χ2n) is 6.00. The molecule has 0 spiro atoms. The van der Waals surface area contributed by atoms with Crippen LogP contribution < -0.4 is 10.6 Å². The molecule has 2 rings (SSSR count). The summed E-state index contributed by atoms with van der Waals surface area (Å²) in [5, 5.41) is 6.47. The first-order chi connectivity index (χ1) is 9.06. The van der Waals surface area contributed by atoms with Gasteiger partial charge in [-0.15, -0.1) is 0 Å². The Bertz CT molecular complexity index is 346. The molecule has 0 aromatic carbocycles. The lowest BCUT2D eigenvalue weighted by molar-refractivity contribution is -0.119. The SMILES string of the molecule is CC(C)CC(=O)CCCC[C@@H]1SC[C@@H]2NC(=O)N[C@@H]21. The normalized spacial score (nSPS) is 29.2. The predicted molar refractivity (Wildman–Crippen MR) is 78.4 cm³/mol. The molecule has 2 aliphatic heterocycles. The van der Waals surface area contributed by atoms with Crippen LogP contribution in [0.1, 0.15) is 46.0 Å². The molecule has 3 atom stereocenters. The molecule has 0 unspecified atom stereocenters. The van der Waals surface area contributed by atoms with Gasteiger partial charge in [0.25, 0.3) is 0 Å². The number of carbonyl (C=O) groups is 2. The molecule has 2 heterocycles. The standard InChI is InChI=1S/C14H24N2O2S/c1-9(2)7-10(17)5-3-4-6-12-13-11(8-19-12)15-14(18)16-13/h9,11-13H,3-8H2,1-2H3,(H2,15,16,18)/t11-,12-,13-/m0/s1. The van der Waals surface area contributed by atoms with Crippen molar-refractivity contribution in [3.63, 3.8) is 0 Å². The van der Waals surface area contributed by atoms with Crippen LogP contribution in [0, 0.1) is 5.92 Å². The summed E-state index contributed by atoms with van der Waals surface area (Å²) in [5.41, 5.74) is 0. The summed E-state index contributed by atoms with van der Waals surface area (Å²) < 4.78 is 0. The maximum Gasteiger partial charge on any atom is 0.315 e. The van der Waals surface area contributed by atoms with Crippen molar-refractivity contribution >= 4 is 23.6 Å². The van der Waals surface area contributed by atoms with Crippen LogP contribution in [-0.2, 0) is 4.79 Å². The summed E-state index contributed by atoms with van der Waals surface area (Å²) in [7, 11) is 0. The minimum Gasteiger partial charge on any atom is -0.332 e. The van der Waals surface area contributed by atoms with E-state index in [0.29, 0.717) is 41.9 Å². The molecular weight excluding hydrogens is 260 g/mol. The molecule has 0 radical (unpaired) electrons. The Hall–Kier alpha value is -0.710. The Morgan fingerprint density at radius 1 is 1.37 bits per heavy atom. The topological polar surface area (TPSA) is 58.2 Å². The van der Waals surface area contributed by atoms with Crippen LogP contribution in [0.4, 0.5) is 4.79 Å². The highest BCUT2D eigenvalue weighted by Crippen LogP contribution is 2.33. The average molecular weight is 284 g/mol. The van der Waals surface area contributed by atoms with Crippen molar-refractivity contribution in [2.45, 2.75) is 63.3 Å². The van der Waals surface area contributed by atoms with Crippen LogP contribution in [0.15, 0.2) is 0 Å². The number of carbonyl (C=O) groups excluding carboxylic acids is 2. The fraction of sp³-hybridized carbons (Fsp3) is 0.857. The lowest BCUT2D eigenvalue weighted by Crippen LogP contribution is -2.36. The Kier molecular flexibility index (Phi) is 5.13. The quantitative estimate of drug-likeness (QED) is 0.557. The number of fused-ring (bicyclic) bond motifs is 1. The first kappa shape index (κ1) is 14.7. The van der Waals surface area contributed by atoms with E-state index in [4.69, 9.17) is 0 Å². The fourth-order valence-corrected chi connectivity index (χ4v) is 4.41. The van der Waals surface area contributed by atoms with Crippen LogP contribution >= 0.6 is 11.8 Å². The summed E-state index contributed by atoms with van der Waals surface area (Å²) in [4.78, 5) is 22.9. The van der Waals surface area contributed by atoms with Gasteiger partial charge >= 0.3 is 6.03 Å². The van der Waals surface area contributed by atoms with Crippen molar-refractivity contribution in [1.82, 2.24) is 10.6 Å². The highest BCUT2D eigenvalue weighted by molar-refractivity contribution is 8.00. The summed E-state index contributed by atoms with van der Waals surface area (Å²) in [6, 6.07) is 0.585. The van der Waals surface area contributed by atoms with Crippen molar-refractivity contribution in [3.05, 3.63) is 0 Å². The van der Waals surface area contributed by atoms with Gasteiger partial charge in [-0.25, -0.2) is 4.79 Å². The van der Waals surface area contributed by atoms with Crippen molar-refractivity contribution in [2.75, 3.05) is 5.75 Å². The van der Waals surface area contributed by atoms with Crippen molar-refractivity contribution < 1.29 is 9.59 Å². The van der Waals surface area contributed by atoms with Gasteiger partial charge in [-0.1, -0.05) is 20.3 Å². The number of thioether (sulfide) groups is 1. The fourth-order valence-electron chi connectivity index (χ4n) is 2.87. The number of Topliss-reactive ketones (excluding diaryl/α,β-unsaturated/α-hetero) is 1. The van der Waals surface area contributed by atoms with E-state index in [2.05, 4.69) is 24.5 Å². The Morgan fingerprint density at radius 3 is 2.89 bits per heavy atom. The highest BCUT2D eigenvalue weighted by atomic mass is 32.2. The molecule has 0 bridgehead atoms. The second-order valence-corrected chi connectivity index (χ2v) is 7.28. The lowest BCUT2D eigenvalue weighted by atomic mass is 10.00. The molecule has 2 fully saturated rings. The number of nitrogens with one attached hydrogen (secondary N) is 2. The molecule has 0 aromatic rings. The zero-order chi connectivity index (χ0) is 13.8. The van der Waals surface area contributed by atoms with Gasteiger partial charge in [0.2, 0.25) is 0 Å². The summed E-state index contributed by atoms with van der Waals surface area (Å²) in [6.45, 7) is 4.17. The van der Waals surface area contributed by atoms with Crippen molar-refractivity contribution in [3.8, 4) is 0 Å². The maximum atomic E-state index is 11.6. The third kappa shape index (κ3) is 4.13. The lowest BCUT2D eigenvalue weighted by Gasteiger charge is -2.16. The van der Waals surface area contributed by atoms with E-state index < -0.39 is 0 Å². The van der Waals surface area contributed by atoms with Gasteiger partial charge < -0.3 is 10.6 Å². The van der Waals surface area contributed by atoms with Crippen molar-refractivity contribution in [1.29, 1.82) is 0 Å². The minimum atomic E-state index is -0.0209. The largest absolute Gasteiger partial charge is 0.332 e. The predicted octanol–water partition coefficient (Wildman–Crippen LogP) is 2.33. The number of unbranched alkanes of at least 4 members (excludes halogenated alkanes) is 1. The maximum absolute atomic E-state index is 11.6.